The Labute approximate surface area is 86.9 Å². The first kappa shape index (κ1) is 12.8. The van der Waals surface area contributed by atoms with Crippen LogP contribution in [-0.2, 0) is 0 Å². The van der Waals surface area contributed by atoms with Crippen LogP contribution in [0.25, 0.3) is 0 Å². The highest BCUT2D eigenvalue weighted by Crippen LogP contribution is 1.97. The Hall–Kier alpha value is -0.190. The molecule has 0 spiro atoms. The third-order valence-corrected chi connectivity index (χ3v) is 2.05. The lowest BCUT2D eigenvalue weighted by Gasteiger charge is -2.27. The van der Waals surface area contributed by atoms with Crippen molar-refractivity contribution in [1.82, 2.24) is 9.80 Å². The van der Waals surface area contributed by atoms with Crippen LogP contribution < -0.4 is 5.73 Å². The highest BCUT2D eigenvalue weighted by atomic mass is 32.1. The molecule has 0 saturated heterocycles. The van der Waals surface area contributed by atoms with E-state index < -0.39 is 0 Å². The summed E-state index contributed by atoms with van der Waals surface area (Å²) in [6.45, 7) is 7.10. The molecule has 2 N–H and O–H groups in total. The number of thiocarbonyl (C=S) groups is 1. The summed E-state index contributed by atoms with van der Waals surface area (Å²) in [7, 11) is 4.14. The highest BCUT2D eigenvalue weighted by Gasteiger charge is 2.09. The average molecular weight is 203 g/mol. The van der Waals surface area contributed by atoms with E-state index in [1.807, 2.05) is 0 Å². The Morgan fingerprint density at radius 1 is 1.31 bits per heavy atom. The molecule has 3 nitrogen and oxygen atoms in total. The smallest absolute Gasteiger partial charge is 0.0870 e. The van der Waals surface area contributed by atoms with Crippen molar-refractivity contribution in [2.24, 2.45) is 5.73 Å². The molecule has 0 saturated carbocycles. The molecule has 0 aromatic carbocycles. The maximum Gasteiger partial charge on any atom is 0.0870 e. The maximum absolute atomic E-state index is 5.51. The second-order valence-corrected chi connectivity index (χ2v) is 4.36. The minimum atomic E-state index is 0.501. The third kappa shape index (κ3) is 6.93. The van der Waals surface area contributed by atoms with E-state index in [1.54, 1.807) is 0 Å². The highest BCUT2D eigenvalue weighted by molar-refractivity contribution is 7.80. The molecule has 0 fully saturated rings. The zero-order valence-electron chi connectivity index (χ0n) is 9.08. The van der Waals surface area contributed by atoms with E-state index in [4.69, 9.17) is 18.0 Å². The van der Waals surface area contributed by atoms with Crippen LogP contribution in [0.5, 0.6) is 0 Å². The van der Waals surface area contributed by atoms with Gasteiger partial charge in [0.05, 0.1) is 4.99 Å². The molecule has 0 unspecified atom stereocenters. The normalized spacial score (nSPS) is 11.6. The van der Waals surface area contributed by atoms with E-state index >= 15 is 0 Å². The Morgan fingerprint density at radius 3 is 2.15 bits per heavy atom. The minimum Gasteiger partial charge on any atom is -0.392 e. The molecule has 0 amide bonds. The van der Waals surface area contributed by atoms with Gasteiger partial charge in [0.1, 0.15) is 0 Å². The summed E-state index contributed by atoms with van der Waals surface area (Å²) in [6, 6.07) is 0.501. The second-order valence-electron chi connectivity index (χ2n) is 3.83. The van der Waals surface area contributed by atoms with Gasteiger partial charge in [0.2, 0.25) is 0 Å². The van der Waals surface area contributed by atoms with Crippen molar-refractivity contribution in [1.29, 1.82) is 0 Å². The van der Waals surface area contributed by atoms with Crippen LogP contribution in [-0.4, -0.2) is 54.6 Å². The predicted octanol–water partition coefficient (Wildman–Crippen LogP) is 0.545. The fourth-order valence-electron chi connectivity index (χ4n) is 1.05. The van der Waals surface area contributed by atoms with Crippen LogP contribution in [0.3, 0.4) is 0 Å². The van der Waals surface area contributed by atoms with Crippen molar-refractivity contribution in [3.05, 3.63) is 0 Å². The first-order valence-electron chi connectivity index (χ1n) is 4.60. The third-order valence-electron chi connectivity index (χ3n) is 1.92. The van der Waals surface area contributed by atoms with Gasteiger partial charge in [-0.1, -0.05) is 12.2 Å². The molecule has 13 heavy (non-hydrogen) atoms. The molecule has 0 heterocycles. The Kier molecular flexibility index (Phi) is 6.20. The van der Waals surface area contributed by atoms with Crippen molar-refractivity contribution in [3.8, 4) is 0 Å². The van der Waals surface area contributed by atoms with Gasteiger partial charge in [-0.25, -0.2) is 0 Å². The van der Waals surface area contributed by atoms with Gasteiger partial charge in [-0.2, -0.15) is 0 Å². The number of rotatable bonds is 6. The first-order valence-corrected chi connectivity index (χ1v) is 5.01. The molecule has 0 bridgehead atoms. The standard InChI is InChI=1S/C9H21N3S/c1-8(2)12(7-9(10)13)6-5-11(3)4/h8H,5-7H2,1-4H3,(H2,10,13). The zero-order valence-corrected chi connectivity index (χ0v) is 9.90. The second kappa shape index (κ2) is 6.29. The Balaban J connectivity index is 3.88. The van der Waals surface area contributed by atoms with E-state index in [0.717, 1.165) is 19.6 Å². The molecule has 4 heteroatoms. The van der Waals surface area contributed by atoms with Gasteiger partial charge in [0.25, 0.3) is 0 Å². The predicted molar refractivity (Wildman–Crippen MR) is 62.0 cm³/mol. The van der Waals surface area contributed by atoms with Crippen molar-refractivity contribution < 1.29 is 0 Å². The van der Waals surface area contributed by atoms with Gasteiger partial charge >= 0.3 is 0 Å². The monoisotopic (exact) mass is 203 g/mol. The lowest BCUT2D eigenvalue weighted by Crippen LogP contribution is -2.41. The summed E-state index contributed by atoms with van der Waals surface area (Å²) in [5.74, 6) is 0. The van der Waals surface area contributed by atoms with Gasteiger partial charge in [-0.3, -0.25) is 4.90 Å². The Bertz CT molecular complexity index is 157. The van der Waals surface area contributed by atoms with Crippen LogP contribution in [0, 0.1) is 0 Å². The van der Waals surface area contributed by atoms with Gasteiger partial charge in [0, 0.05) is 25.7 Å². The summed E-state index contributed by atoms with van der Waals surface area (Å²) in [5.41, 5.74) is 5.51. The van der Waals surface area contributed by atoms with Crippen LogP contribution in [0.2, 0.25) is 0 Å². The topological polar surface area (TPSA) is 32.5 Å². The minimum absolute atomic E-state index is 0.501. The molecular weight excluding hydrogens is 182 g/mol. The molecule has 0 aliphatic carbocycles. The first-order chi connectivity index (χ1) is 5.93. The molecule has 0 aromatic rings. The number of nitrogens with two attached hydrogens (primary N) is 1. The van der Waals surface area contributed by atoms with Crippen LogP contribution in [0.1, 0.15) is 13.8 Å². The quantitative estimate of drug-likeness (QED) is 0.639. The molecule has 0 aromatic heterocycles. The van der Waals surface area contributed by atoms with Crippen molar-refractivity contribution >= 4 is 17.2 Å². The van der Waals surface area contributed by atoms with E-state index in [9.17, 15) is 0 Å². The fraction of sp³-hybridized carbons (Fsp3) is 0.889. The number of likely N-dealkylation sites (N-methyl/N-ethyl adjacent to an activating group) is 1. The number of hydrogen-bond donors (Lipinski definition) is 1. The summed E-state index contributed by atoms with van der Waals surface area (Å²) in [6.07, 6.45) is 0. The largest absolute Gasteiger partial charge is 0.392 e. The van der Waals surface area contributed by atoms with Gasteiger partial charge in [-0.05, 0) is 27.9 Å². The Morgan fingerprint density at radius 2 is 1.85 bits per heavy atom. The molecule has 0 radical (unpaired) electrons. The van der Waals surface area contributed by atoms with E-state index in [-0.39, 0.29) is 0 Å². The molecule has 78 valence electrons. The van der Waals surface area contributed by atoms with Crippen LogP contribution in [0.15, 0.2) is 0 Å². The maximum atomic E-state index is 5.51. The van der Waals surface area contributed by atoms with Crippen LogP contribution in [0.4, 0.5) is 0 Å². The SMILES string of the molecule is CC(C)N(CCN(C)C)CC(N)=S. The van der Waals surface area contributed by atoms with Gasteiger partial charge < -0.3 is 10.6 Å². The lowest BCUT2D eigenvalue weighted by molar-refractivity contribution is 0.225. The van der Waals surface area contributed by atoms with Crippen molar-refractivity contribution in [2.45, 2.75) is 19.9 Å². The van der Waals surface area contributed by atoms with Gasteiger partial charge in [0.15, 0.2) is 0 Å². The van der Waals surface area contributed by atoms with Gasteiger partial charge in [-0.15, -0.1) is 0 Å². The zero-order chi connectivity index (χ0) is 10.4. The summed E-state index contributed by atoms with van der Waals surface area (Å²) in [5, 5.41) is 0. The van der Waals surface area contributed by atoms with E-state index in [0.29, 0.717) is 11.0 Å². The lowest BCUT2D eigenvalue weighted by atomic mass is 10.3. The van der Waals surface area contributed by atoms with E-state index in [2.05, 4.69) is 37.7 Å². The number of hydrogen-bond acceptors (Lipinski definition) is 3. The van der Waals surface area contributed by atoms with E-state index in [1.165, 1.54) is 0 Å². The molecular formula is C9H21N3S. The van der Waals surface area contributed by atoms with Crippen molar-refractivity contribution in [2.75, 3.05) is 33.7 Å². The summed E-state index contributed by atoms with van der Waals surface area (Å²) < 4.78 is 0. The summed E-state index contributed by atoms with van der Waals surface area (Å²) in [4.78, 5) is 5.02. The van der Waals surface area contributed by atoms with Crippen molar-refractivity contribution in [3.63, 3.8) is 0 Å². The molecule has 0 aliphatic rings. The summed E-state index contributed by atoms with van der Waals surface area (Å²) >= 11 is 4.89. The van der Waals surface area contributed by atoms with Crippen LogP contribution >= 0.6 is 12.2 Å². The molecule has 0 rings (SSSR count). The number of nitrogens with zero attached hydrogens (tertiary/aromatic N) is 2. The fourth-order valence-corrected chi connectivity index (χ4v) is 1.21. The average Bonchev–Trinajstić information content (AvgIpc) is 1.96. The molecule has 0 atom stereocenters. The molecule has 0 aliphatic heterocycles.